The van der Waals surface area contributed by atoms with E-state index in [0.29, 0.717) is 11.5 Å². The molecule has 0 spiro atoms. The zero-order valence-electron chi connectivity index (χ0n) is 30.3. The Labute approximate surface area is 327 Å². The molecule has 0 aliphatic heterocycles. The number of aromatic nitrogens is 4. The van der Waals surface area contributed by atoms with Gasteiger partial charge in [-0.2, -0.15) is 22.5 Å². The summed E-state index contributed by atoms with van der Waals surface area (Å²) >= 11 is 1.71. The molecule has 0 saturated carbocycles. The Bertz CT molecular complexity index is 2810. The fourth-order valence-electron chi connectivity index (χ4n) is 7.80. The van der Waals surface area contributed by atoms with Crippen LogP contribution in [0.5, 0.6) is 11.5 Å². The first-order chi connectivity index (χ1) is 25.2. The molecule has 0 amide bonds. The molecule has 0 N–H and O–H groups in total. The standard InChI is InChI=1S/C46H36N4OS.Pt/c1-27-20-29(3)43(30(4)21-27)39-18-19-49(48-39)34-12-11-13-35(26-34)51-41-25-33(24-37-36-14-7-10-17-42(36)52-45(37)41)46-47-38-15-8-9-16-40(38)50(46)44-31(5)22-28(2)23-32(44)6;/h7-24H,1-6H3;/q-2;+2. The zero-order valence-corrected chi connectivity index (χ0v) is 33.4. The van der Waals surface area contributed by atoms with E-state index in [0.717, 1.165) is 55.1 Å². The first-order valence-corrected chi connectivity index (χ1v) is 18.3. The average Bonchev–Trinajstić information content (AvgIpc) is 3.84. The Kier molecular flexibility index (Phi) is 8.92. The number of hydrogen-bond donors (Lipinski definition) is 0. The molecule has 0 atom stereocenters. The second-order valence-electron chi connectivity index (χ2n) is 13.8. The molecule has 7 heteroatoms. The maximum absolute atomic E-state index is 6.79. The molecule has 3 aromatic heterocycles. The van der Waals surface area contributed by atoms with Crippen LogP contribution in [0.2, 0.25) is 0 Å². The number of fused-ring (bicyclic) bond motifs is 4. The van der Waals surface area contributed by atoms with Crippen molar-refractivity contribution < 1.29 is 25.8 Å². The van der Waals surface area contributed by atoms with Crippen LogP contribution in [0.1, 0.15) is 33.4 Å². The van der Waals surface area contributed by atoms with E-state index >= 15 is 0 Å². The van der Waals surface area contributed by atoms with Gasteiger partial charge in [-0.1, -0.05) is 77.2 Å². The number of benzene rings is 6. The van der Waals surface area contributed by atoms with Crippen LogP contribution >= 0.6 is 11.3 Å². The summed E-state index contributed by atoms with van der Waals surface area (Å²) in [6.07, 6.45) is 1.99. The van der Waals surface area contributed by atoms with E-state index in [9.17, 15) is 0 Å². The summed E-state index contributed by atoms with van der Waals surface area (Å²) in [4.78, 5) is 5.24. The van der Waals surface area contributed by atoms with Gasteiger partial charge < -0.3 is 9.30 Å². The van der Waals surface area contributed by atoms with Crippen LogP contribution in [0.15, 0.2) is 109 Å². The molecule has 3 heterocycles. The SMILES string of the molecule is Cc1cc(C)c(-c2ccn(-c3[c-]c(Oc4[c-]c(-c5nc6ccccc6n5-c5c(C)cc(C)cc5C)cc5c4sc4ccccc45)ccc3)n2)c(C)c1.[Pt+2]. The average molecular weight is 888 g/mol. The molecule has 0 aliphatic rings. The first-order valence-electron chi connectivity index (χ1n) is 17.5. The zero-order chi connectivity index (χ0) is 35.7. The molecule has 9 aromatic rings. The van der Waals surface area contributed by atoms with Gasteiger partial charge in [-0.05, 0) is 104 Å². The monoisotopic (exact) mass is 887 g/mol. The summed E-state index contributed by atoms with van der Waals surface area (Å²) in [5.74, 6) is 2.05. The Morgan fingerprint density at radius 3 is 2.15 bits per heavy atom. The number of hydrogen-bond acceptors (Lipinski definition) is 4. The minimum absolute atomic E-state index is 0. The third-order valence-corrected chi connectivity index (χ3v) is 11.0. The summed E-state index contributed by atoms with van der Waals surface area (Å²) in [6, 6.07) is 43.1. The van der Waals surface area contributed by atoms with E-state index in [1.807, 2.05) is 35.1 Å². The summed E-state index contributed by atoms with van der Waals surface area (Å²) < 4.78 is 13.2. The van der Waals surface area contributed by atoms with Crippen molar-refractivity contribution in [3.63, 3.8) is 0 Å². The van der Waals surface area contributed by atoms with E-state index in [-0.39, 0.29) is 21.1 Å². The van der Waals surface area contributed by atoms with Crippen molar-refractivity contribution in [2.75, 3.05) is 0 Å². The van der Waals surface area contributed by atoms with Crippen LogP contribution in [-0.2, 0) is 21.1 Å². The number of thiophene rings is 1. The number of ether oxygens (including phenoxy) is 1. The normalized spacial score (nSPS) is 11.4. The van der Waals surface area contributed by atoms with Gasteiger partial charge >= 0.3 is 21.1 Å². The van der Waals surface area contributed by atoms with Crippen LogP contribution in [-0.4, -0.2) is 19.3 Å². The van der Waals surface area contributed by atoms with Crippen molar-refractivity contribution in [1.82, 2.24) is 19.3 Å². The number of rotatable bonds is 6. The van der Waals surface area contributed by atoms with E-state index in [2.05, 4.69) is 137 Å². The molecular formula is C46H36N4OPtS. The Hall–Kier alpha value is -5.29. The van der Waals surface area contributed by atoms with Crippen molar-refractivity contribution in [2.24, 2.45) is 0 Å². The molecule has 0 aliphatic carbocycles. The van der Waals surface area contributed by atoms with Gasteiger partial charge in [0.15, 0.2) is 0 Å². The predicted molar refractivity (Wildman–Crippen MR) is 215 cm³/mol. The number of nitrogens with zero attached hydrogens (tertiary/aromatic N) is 4. The fourth-order valence-corrected chi connectivity index (χ4v) is 8.92. The van der Waals surface area contributed by atoms with E-state index in [4.69, 9.17) is 14.8 Å². The topological polar surface area (TPSA) is 44.9 Å². The molecular weight excluding hydrogens is 852 g/mol. The molecule has 53 heavy (non-hydrogen) atoms. The third-order valence-electron chi connectivity index (χ3n) is 9.77. The molecule has 0 fully saturated rings. The van der Waals surface area contributed by atoms with Gasteiger partial charge in [-0.3, -0.25) is 9.67 Å². The van der Waals surface area contributed by atoms with Gasteiger partial charge in [0.1, 0.15) is 0 Å². The minimum Gasteiger partial charge on any atom is -0.501 e. The van der Waals surface area contributed by atoms with Crippen LogP contribution < -0.4 is 4.74 Å². The van der Waals surface area contributed by atoms with Gasteiger partial charge in [0.05, 0.1) is 28.3 Å². The second kappa shape index (κ2) is 13.6. The Balaban J connectivity index is 0.00000400. The van der Waals surface area contributed by atoms with E-state index in [1.165, 1.54) is 43.5 Å². The van der Waals surface area contributed by atoms with Crippen LogP contribution in [0.25, 0.3) is 65.2 Å². The van der Waals surface area contributed by atoms with Crippen LogP contribution in [0, 0.1) is 53.7 Å². The van der Waals surface area contributed by atoms with Crippen LogP contribution in [0.3, 0.4) is 0 Å². The summed E-state index contributed by atoms with van der Waals surface area (Å²) in [6.45, 7) is 12.9. The Morgan fingerprint density at radius 2 is 1.38 bits per heavy atom. The summed E-state index contributed by atoms with van der Waals surface area (Å²) in [5.41, 5.74) is 14.2. The number of imidazole rings is 1. The van der Waals surface area contributed by atoms with Crippen molar-refractivity contribution in [3.05, 3.63) is 155 Å². The largest absolute Gasteiger partial charge is 2.00 e. The number of aryl methyl sites for hydroxylation is 6. The maximum Gasteiger partial charge on any atom is 2.00 e. The van der Waals surface area contributed by atoms with Gasteiger partial charge in [0.2, 0.25) is 0 Å². The fraction of sp³-hybridized carbons (Fsp3) is 0.130. The maximum atomic E-state index is 6.79. The second-order valence-corrected chi connectivity index (χ2v) is 14.8. The molecule has 0 unspecified atom stereocenters. The smallest absolute Gasteiger partial charge is 0.501 e. The molecule has 9 rings (SSSR count). The van der Waals surface area contributed by atoms with E-state index in [1.54, 1.807) is 11.3 Å². The molecule has 5 nitrogen and oxygen atoms in total. The summed E-state index contributed by atoms with van der Waals surface area (Å²) in [7, 11) is 0. The van der Waals surface area contributed by atoms with Crippen molar-refractivity contribution in [2.45, 2.75) is 41.5 Å². The van der Waals surface area contributed by atoms with Gasteiger partial charge in [-0.15, -0.1) is 29.8 Å². The van der Waals surface area contributed by atoms with Crippen molar-refractivity contribution >= 4 is 42.5 Å². The van der Waals surface area contributed by atoms with Gasteiger partial charge in [0, 0.05) is 27.9 Å². The minimum atomic E-state index is 0. The molecule has 262 valence electrons. The molecule has 0 bridgehead atoms. The Morgan fingerprint density at radius 1 is 0.679 bits per heavy atom. The van der Waals surface area contributed by atoms with Crippen molar-refractivity contribution in [3.8, 4) is 45.5 Å². The quantitative estimate of drug-likeness (QED) is 0.156. The predicted octanol–water partition coefficient (Wildman–Crippen LogP) is 12.2. The molecule has 0 saturated heterocycles. The third kappa shape index (κ3) is 6.10. The van der Waals surface area contributed by atoms with E-state index < -0.39 is 0 Å². The van der Waals surface area contributed by atoms with Crippen molar-refractivity contribution in [1.29, 1.82) is 0 Å². The van der Waals surface area contributed by atoms with Gasteiger partial charge in [-0.25, -0.2) is 0 Å². The number of para-hydroxylation sites is 2. The van der Waals surface area contributed by atoms with Gasteiger partial charge in [0.25, 0.3) is 0 Å². The van der Waals surface area contributed by atoms with Crippen LogP contribution in [0.4, 0.5) is 0 Å². The molecule has 6 aromatic carbocycles. The summed E-state index contributed by atoms with van der Waals surface area (Å²) in [5, 5.41) is 7.26. The molecule has 0 radical (unpaired) electrons. The first kappa shape index (κ1) is 34.8.